The van der Waals surface area contributed by atoms with Gasteiger partial charge in [-0.25, -0.2) is 8.42 Å². The Hall–Kier alpha value is -1.15. The van der Waals surface area contributed by atoms with Crippen molar-refractivity contribution in [3.8, 4) is 0 Å². The molecule has 1 atom stereocenters. The van der Waals surface area contributed by atoms with Crippen molar-refractivity contribution in [2.24, 2.45) is 0 Å². The van der Waals surface area contributed by atoms with Crippen LogP contribution in [-0.4, -0.2) is 75.2 Å². The zero-order chi connectivity index (χ0) is 19.1. The molecule has 0 spiro atoms. The first kappa shape index (κ1) is 23.1. The van der Waals surface area contributed by atoms with Crippen molar-refractivity contribution in [1.29, 1.82) is 0 Å². The maximum atomic E-state index is 12.9. The number of benzene rings is 1. The lowest BCUT2D eigenvalue weighted by Crippen LogP contribution is -2.46. The minimum atomic E-state index is -3.42. The number of carbonyl (C=O) groups is 1. The molecule has 0 bridgehead atoms. The lowest BCUT2D eigenvalue weighted by Gasteiger charge is -2.33. The van der Waals surface area contributed by atoms with E-state index < -0.39 is 9.84 Å². The van der Waals surface area contributed by atoms with Gasteiger partial charge in [-0.05, 0) is 51.0 Å². The summed E-state index contributed by atoms with van der Waals surface area (Å²) < 4.78 is 25.0. The molecule has 0 radical (unpaired) electrons. The van der Waals surface area contributed by atoms with Crippen molar-refractivity contribution in [2.75, 3.05) is 45.0 Å². The Morgan fingerprint density at radius 2 is 1.86 bits per heavy atom. The molecule has 1 aromatic carbocycles. The van der Waals surface area contributed by atoms with Gasteiger partial charge in [0.25, 0.3) is 0 Å². The summed E-state index contributed by atoms with van der Waals surface area (Å²) in [7, 11) is -3.42. The Kier molecular flexibility index (Phi) is 9.21. The maximum Gasteiger partial charge on any atom is 0.223 e. The fourth-order valence-electron chi connectivity index (χ4n) is 3.96. The summed E-state index contributed by atoms with van der Waals surface area (Å²) in [4.78, 5) is 17.5. The standard InChI is InChI=1S/C20H31N3O3S.ClH/c24-20(10-16-27(25,26)19-7-3-1-4-8-19)23(18-9-11-21-17-18)15-14-22-12-5-2-6-13-22;/h1,3-4,7-8,18,21H,2,5-6,9-17H2;1H. The molecule has 0 aliphatic carbocycles. The van der Waals surface area contributed by atoms with Crippen LogP contribution in [0, 0.1) is 0 Å². The number of halogens is 1. The van der Waals surface area contributed by atoms with Crippen LogP contribution in [0.25, 0.3) is 0 Å². The van der Waals surface area contributed by atoms with Gasteiger partial charge in [-0.2, -0.15) is 0 Å². The minimum absolute atomic E-state index is 0. The third-order valence-corrected chi connectivity index (χ3v) is 7.32. The zero-order valence-corrected chi connectivity index (χ0v) is 18.0. The van der Waals surface area contributed by atoms with E-state index in [0.29, 0.717) is 11.4 Å². The third kappa shape index (κ3) is 6.44. The highest BCUT2D eigenvalue weighted by Crippen LogP contribution is 2.15. The molecule has 0 aromatic heterocycles. The SMILES string of the molecule is Cl.O=C(CCS(=O)(=O)c1ccccc1)N(CCN1CCCCC1)C1CCNC1. The molecule has 1 amide bonds. The maximum absolute atomic E-state index is 12.9. The molecule has 2 aliphatic heterocycles. The van der Waals surface area contributed by atoms with Gasteiger partial charge in [-0.15, -0.1) is 12.4 Å². The highest BCUT2D eigenvalue weighted by atomic mass is 35.5. The van der Waals surface area contributed by atoms with Crippen molar-refractivity contribution in [3.63, 3.8) is 0 Å². The molecule has 1 N–H and O–H groups in total. The number of sulfone groups is 1. The van der Waals surface area contributed by atoms with Crippen LogP contribution in [0.1, 0.15) is 32.1 Å². The Morgan fingerprint density at radius 3 is 2.50 bits per heavy atom. The van der Waals surface area contributed by atoms with Crippen LogP contribution in [-0.2, 0) is 14.6 Å². The largest absolute Gasteiger partial charge is 0.337 e. The van der Waals surface area contributed by atoms with E-state index >= 15 is 0 Å². The number of rotatable bonds is 8. The Morgan fingerprint density at radius 1 is 1.14 bits per heavy atom. The molecule has 158 valence electrons. The number of hydrogen-bond acceptors (Lipinski definition) is 5. The highest BCUT2D eigenvalue weighted by Gasteiger charge is 2.28. The summed E-state index contributed by atoms with van der Waals surface area (Å²) in [6.45, 7) is 5.50. The molecule has 2 fully saturated rings. The average molecular weight is 430 g/mol. The van der Waals surface area contributed by atoms with Gasteiger partial charge in [-0.1, -0.05) is 24.6 Å². The van der Waals surface area contributed by atoms with Gasteiger partial charge in [0.15, 0.2) is 9.84 Å². The van der Waals surface area contributed by atoms with E-state index in [1.165, 1.54) is 19.3 Å². The van der Waals surface area contributed by atoms with Crippen LogP contribution in [0.15, 0.2) is 35.2 Å². The molecular weight excluding hydrogens is 398 g/mol. The van der Waals surface area contributed by atoms with Gasteiger partial charge in [0, 0.05) is 32.1 Å². The summed E-state index contributed by atoms with van der Waals surface area (Å²) >= 11 is 0. The first-order valence-corrected chi connectivity index (χ1v) is 11.7. The lowest BCUT2D eigenvalue weighted by atomic mass is 10.1. The summed E-state index contributed by atoms with van der Waals surface area (Å²) in [6.07, 6.45) is 4.75. The van der Waals surface area contributed by atoms with Crippen LogP contribution in [0.2, 0.25) is 0 Å². The van der Waals surface area contributed by atoms with Crippen molar-refractivity contribution < 1.29 is 13.2 Å². The Bertz CT molecular complexity index is 703. The Balaban J connectivity index is 0.00000280. The van der Waals surface area contributed by atoms with Crippen LogP contribution in [0.5, 0.6) is 0 Å². The molecule has 3 rings (SSSR count). The van der Waals surface area contributed by atoms with Crippen molar-refractivity contribution in [3.05, 3.63) is 30.3 Å². The fraction of sp³-hybridized carbons (Fsp3) is 0.650. The monoisotopic (exact) mass is 429 g/mol. The van der Waals surface area contributed by atoms with Gasteiger partial charge in [0.2, 0.25) is 5.91 Å². The molecule has 2 saturated heterocycles. The van der Waals surface area contributed by atoms with E-state index in [-0.39, 0.29) is 36.5 Å². The second kappa shape index (κ2) is 11.1. The van der Waals surface area contributed by atoms with Crippen molar-refractivity contribution in [1.82, 2.24) is 15.1 Å². The quantitative estimate of drug-likeness (QED) is 0.684. The van der Waals surface area contributed by atoms with E-state index in [1.54, 1.807) is 30.3 Å². The number of amides is 1. The van der Waals surface area contributed by atoms with E-state index in [0.717, 1.165) is 39.1 Å². The van der Waals surface area contributed by atoms with Gasteiger partial charge >= 0.3 is 0 Å². The first-order chi connectivity index (χ1) is 13.1. The van der Waals surface area contributed by atoms with Crippen LogP contribution in [0.4, 0.5) is 0 Å². The average Bonchev–Trinajstić information content (AvgIpc) is 3.23. The normalized spacial score (nSPS) is 20.5. The van der Waals surface area contributed by atoms with Crippen molar-refractivity contribution in [2.45, 2.75) is 43.0 Å². The van der Waals surface area contributed by atoms with Gasteiger partial charge in [0.05, 0.1) is 10.6 Å². The minimum Gasteiger partial charge on any atom is -0.337 e. The molecule has 2 aliphatic rings. The highest BCUT2D eigenvalue weighted by molar-refractivity contribution is 7.91. The summed E-state index contributed by atoms with van der Waals surface area (Å²) in [5, 5.41) is 3.32. The first-order valence-electron chi connectivity index (χ1n) is 10.1. The molecule has 0 saturated carbocycles. The number of nitrogens with zero attached hydrogens (tertiary/aromatic N) is 2. The molecule has 2 heterocycles. The molecule has 8 heteroatoms. The summed E-state index contributed by atoms with van der Waals surface area (Å²) in [6, 6.07) is 8.58. The summed E-state index contributed by atoms with van der Waals surface area (Å²) in [5.74, 6) is -0.170. The predicted molar refractivity (Wildman–Crippen MR) is 114 cm³/mol. The number of carbonyl (C=O) groups excluding carboxylic acids is 1. The fourth-order valence-corrected chi connectivity index (χ4v) is 5.21. The van der Waals surface area contributed by atoms with Gasteiger partial charge < -0.3 is 15.1 Å². The number of nitrogens with one attached hydrogen (secondary N) is 1. The zero-order valence-electron chi connectivity index (χ0n) is 16.4. The number of likely N-dealkylation sites (tertiary alicyclic amines) is 1. The molecule has 6 nitrogen and oxygen atoms in total. The van der Waals surface area contributed by atoms with Crippen LogP contribution < -0.4 is 5.32 Å². The van der Waals surface area contributed by atoms with E-state index in [2.05, 4.69) is 10.2 Å². The Labute approximate surface area is 175 Å². The molecule has 28 heavy (non-hydrogen) atoms. The summed E-state index contributed by atoms with van der Waals surface area (Å²) in [5.41, 5.74) is 0. The predicted octanol–water partition coefficient (Wildman–Crippen LogP) is 1.95. The molecule has 1 unspecified atom stereocenters. The van der Waals surface area contributed by atoms with Crippen LogP contribution in [0.3, 0.4) is 0 Å². The van der Waals surface area contributed by atoms with E-state index in [1.807, 2.05) is 4.90 Å². The van der Waals surface area contributed by atoms with Crippen molar-refractivity contribution >= 4 is 28.2 Å². The van der Waals surface area contributed by atoms with E-state index in [9.17, 15) is 13.2 Å². The second-order valence-corrected chi connectivity index (χ2v) is 9.63. The second-order valence-electron chi connectivity index (χ2n) is 7.52. The van der Waals surface area contributed by atoms with Crippen LogP contribution >= 0.6 is 12.4 Å². The number of hydrogen-bond donors (Lipinski definition) is 1. The van der Waals surface area contributed by atoms with Gasteiger partial charge in [0.1, 0.15) is 0 Å². The smallest absolute Gasteiger partial charge is 0.223 e. The van der Waals surface area contributed by atoms with E-state index in [4.69, 9.17) is 0 Å². The topological polar surface area (TPSA) is 69.7 Å². The number of piperidine rings is 1. The lowest BCUT2D eigenvalue weighted by molar-refractivity contribution is -0.133. The molecule has 1 aromatic rings. The van der Waals surface area contributed by atoms with Gasteiger partial charge in [-0.3, -0.25) is 4.79 Å². The molecular formula is C20H32ClN3O3S. The third-order valence-electron chi connectivity index (χ3n) is 5.59.